The zero-order valence-corrected chi connectivity index (χ0v) is 12.8. The van der Waals surface area contributed by atoms with E-state index < -0.39 is 0 Å². The van der Waals surface area contributed by atoms with Crippen molar-refractivity contribution in [3.63, 3.8) is 0 Å². The van der Waals surface area contributed by atoms with Crippen molar-refractivity contribution in [1.82, 2.24) is 5.43 Å². The van der Waals surface area contributed by atoms with Crippen LogP contribution in [0.25, 0.3) is 0 Å². The molecule has 0 amide bonds. The Morgan fingerprint density at radius 3 is 2.58 bits per heavy atom. The van der Waals surface area contributed by atoms with Crippen LogP contribution in [-0.2, 0) is 6.42 Å². The summed E-state index contributed by atoms with van der Waals surface area (Å²) < 4.78 is 0. The molecule has 2 atom stereocenters. The molecule has 0 aromatic heterocycles. The van der Waals surface area contributed by atoms with Crippen LogP contribution in [-0.4, -0.2) is 6.04 Å². The molecule has 0 bridgehead atoms. The summed E-state index contributed by atoms with van der Waals surface area (Å²) in [5, 5.41) is 0. The Morgan fingerprint density at radius 1 is 1.32 bits per heavy atom. The van der Waals surface area contributed by atoms with Crippen LogP contribution in [0.2, 0.25) is 0 Å². The van der Waals surface area contributed by atoms with Gasteiger partial charge in [0.2, 0.25) is 0 Å². The smallest absolute Gasteiger partial charge is 0.0284 e. The van der Waals surface area contributed by atoms with Crippen molar-refractivity contribution in [2.45, 2.75) is 59.4 Å². The van der Waals surface area contributed by atoms with Crippen molar-refractivity contribution >= 4 is 0 Å². The molecule has 1 fully saturated rings. The van der Waals surface area contributed by atoms with Crippen molar-refractivity contribution in [2.24, 2.45) is 17.2 Å². The average Bonchev–Trinajstić information content (AvgIpc) is 2.70. The number of nitrogens with one attached hydrogen (secondary N) is 1. The topological polar surface area (TPSA) is 38.0 Å². The van der Waals surface area contributed by atoms with Crippen molar-refractivity contribution in [2.75, 3.05) is 0 Å². The number of hydrogen-bond acceptors (Lipinski definition) is 2. The van der Waals surface area contributed by atoms with E-state index in [4.69, 9.17) is 5.84 Å². The van der Waals surface area contributed by atoms with Gasteiger partial charge in [0.05, 0.1) is 0 Å². The molecule has 1 aromatic rings. The number of hydrazine groups is 1. The molecule has 2 nitrogen and oxygen atoms in total. The molecule has 0 saturated heterocycles. The van der Waals surface area contributed by atoms with Gasteiger partial charge in [-0.2, -0.15) is 0 Å². The van der Waals surface area contributed by atoms with Gasteiger partial charge in [0, 0.05) is 6.04 Å². The van der Waals surface area contributed by atoms with Crippen LogP contribution in [0.4, 0.5) is 0 Å². The van der Waals surface area contributed by atoms with Crippen LogP contribution in [0.5, 0.6) is 0 Å². The SMILES string of the molecule is Cc1ccc(CC(NN)C2CCCC2(C)C)cc1C. The molecule has 2 unspecified atom stereocenters. The molecule has 1 saturated carbocycles. The van der Waals surface area contributed by atoms with Crippen LogP contribution in [0.15, 0.2) is 18.2 Å². The van der Waals surface area contributed by atoms with Crippen molar-refractivity contribution < 1.29 is 0 Å². The lowest BCUT2D eigenvalue weighted by molar-refractivity contribution is 0.196. The van der Waals surface area contributed by atoms with Crippen molar-refractivity contribution in [1.29, 1.82) is 0 Å². The van der Waals surface area contributed by atoms with Crippen LogP contribution in [0, 0.1) is 25.2 Å². The van der Waals surface area contributed by atoms with Gasteiger partial charge < -0.3 is 0 Å². The van der Waals surface area contributed by atoms with Crippen molar-refractivity contribution in [3.05, 3.63) is 34.9 Å². The molecule has 2 rings (SSSR count). The third kappa shape index (κ3) is 3.18. The summed E-state index contributed by atoms with van der Waals surface area (Å²) in [6.07, 6.45) is 4.99. The first-order valence-corrected chi connectivity index (χ1v) is 7.46. The number of rotatable bonds is 4. The van der Waals surface area contributed by atoms with E-state index >= 15 is 0 Å². The van der Waals surface area contributed by atoms with Crippen LogP contribution in [0.1, 0.15) is 49.8 Å². The minimum absolute atomic E-state index is 0.389. The quantitative estimate of drug-likeness (QED) is 0.642. The second kappa shape index (κ2) is 5.64. The number of hydrogen-bond donors (Lipinski definition) is 2. The molecule has 3 N–H and O–H groups in total. The first kappa shape index (κ1) is 14.5. The fourth-order valence-corrected chi connectivity index (χ4v) is 3.60. The zero-order valence-electron chi connectivity index (χ0n) is 12.8. The molecule has 0 aliphatic heterocycles. The van der Waals surface area contributed by atoms with Crippen LogP contribution in [0.3, 0.4) is 0 Å². The highest BCUT2D eigenvalue weighted by Crippen LogP contribution is 2.44. The van der Waals surface area contributed by atoms with Gasteiger partial charge >= 0.3 is 0 Å². The van der Waals surface area contributed by atoms with E-state index in [-0.39, 0.29) is 0 Å². The summed E-state index contributed by atoms with van der Waals surface area (Å²) in [4.78, 5) is 0. The molecule has 0 radical (unpaired) electrons. The second-order valence-electron chi connectivity index (χ2n) is 6.88. The molecular weight excluding hydrogens is 232 g/mol. The molecule has 1 aliphatic carbocycles. The summed E-state index contributed by atoms with van der Waals surface area (Å²) in [6.45, 7) is 9.12. The standard InChI is InChI=1S/C17H28N2/c1-12-7-8-14(10-13(12)2)11-16(19-18)15-6-5-9-17(15,3)4/h7-8,10,15-16,19H,5-6,9,11,18H2,1-4H3. The highest BCUT2D eigenvalue weighted by molar-refractivity contribution is 5.30. The Hall–Kier alpha value is -0.860. The van der Waals surface area contributed by atoms with E-state index in [0.29, 0.717) is 17.4 Å². The fourth-order valence-electron chi connectivity index (χ4n) is 3.60. The lowest BCUT2D eigenvalue weighted by Gasteiger charge is -2.34. The van der Waals surface area contributed by atoms with E-state index in [9.17, 15) is 0 Å². The van der Waals surface area contributed by atoms with Crippen molar-refractivity contribution in [3.8, 4) is 0 Å². The fraction of sp³-hybridized carbons (Fsp3) is 0.647. The second-order valence-corrected chi connectivity index (χ2v) is 6.88. The van der Waals surface area contributed by atoms with E-state index in [2.05, 4.69) is 51.3 Å². The predicted octanol–water partition coefficient (Wildman–Crippen LogP) is 3.50. The molecule has 0 spiro atoms. The minimum Gasteiger partial charge on any atom is -0.271 e. The summed E-state index contributed by atoms with van der Waals surface area (Å²) in [5.41, 5.74) is 7.63. The number of benzene rings is 1. The normalized spacial score (nSPS) is 23.5. The Balaban J connectivity index is 2.12. The summed E-state index contributed by atoms with van der Waals surface area (Å²) in [5.74, 6) is 6.52. The Morgan fingerprint density at radius 2 is 2.05 bits per heavy atom. The highest BCUT2D eigenvalue weighted by atomic mass is 15.2. The summed E-state index contributed by atoms with van der Waals surface area (Å²) in [6, 6.07) is 7.16. The largest absolute Gasteiger partial charge is 0.271 e. The molecule has 1 aliphatic rings. The molecule has 19 heavy (non-hydrogen) atoms. The van der Waals surface area contributed by atoms with E-state index in [1.54, 1.807) is 0 Å². The van der Waals surface area contributed by atoms with Gasteiger partial charge in [-0.05, 0) is 61.1 Å². The lowest BCUT2D eigenvalue weighted by Crippen LogP contribution is -2.45. The maximum absolute atomic E-state index is 5.84. The van der Waals surface area contributed by atoms with E-state index in [1.165, 1.54) is 36.0 Å². The first-order chi connectivity index (χ1) is 8.94. The number of nitrogens with two attached hydrogens (primary N) is 1. The monoisotopic (exact) mass is 260 g/mol. The molecular formula is C17H28N2. The lowest BCUT2D eigenvalue weighted by atomic mass is 9.76. The van der Waals surface area contributed by atoms with Gasteiger partial charge in [0.1, 0.15) is 0 Å². The predicted molar refractivity (Wildman–Crippen MR) is 81.9 cm³/mol. The Bertz CT molecular complexity index is 437. The zero-order chi connectivity index (χ0) is 14.0. The molecule has 106 valence electrons. The molecule has 2 heteroatoms. The minimum atomic E-state index is 0.389. The van der Waals surface area contributed by atoms with Gasteiger partial charge in [0.15, 0.2) is 0 Å². The van der Waals surface area contributed by atoms with Gasteiger partial charge in [-0.3, -0.25) is 11.3 Å². The third-order valence-electron chi connectivity index (χ3n) is 5.07. The summed E-state index contributed by atoms with van der Waals surface area (Å²) >= 11 is 0. The van der Waals surface area contributed by atoms with Gasteiger partial charge in [-0.15, -0.1) is 0 Å². The van der Waals surface area contributed by atoms with Gasteiger partial charge in [0.25, 0.3) is 0 Å². The van der Waals surface area contributed by atoms with Crippen LogP contribution >= 0.6 is 0 Å². The van der Waals surface area contributed by atoms with E-state index in [1.807, 2.05) is 0 Å². The molecule has 1 aromatic carbocycles. The maximum atomic E-state index is 5.84. The average molecular weight is 260 g/mol. The Kier molecular flexibility index (Phi) is 4.32. The van der Waals surface area contributed by atoms with Crippen LogP contribution < -0.4 is 11.3 Å². The summed E-state index contributed by atoms with van der Waals surface area (Å²) in [7, 11) is 0. The number of aryl methyl sites for hydroxylation is 2. The Labute approximate surface area is 117 Å². The third-order valence-corrected chi connectivity index (χ3v) is 5.07. The van der Waals surface area contributed by atoms with Gasteiger partial charge in [-0.1, -0.05) is 38.5 Å². The highest BCUT2D eigenvalue weighted by Gasteiger charge is 2.39. The van der Waals surface area contributed by atoms with Gasteiger partial charge in [-0.25, -0.2) is 0 Å². The van der Waals surface area contributed by atoms with E-state index in [0.717, 1.165) is 6.42 Å². The molecule has 0 heterocycles. The first-order valence-electron chi connectivity index (χ1n) is 7.46. The maximum Gasteiger partial charge on any atom is 0.0284 e.